The number of rotatable bonds is 4. The van der Waals surface area contributed by atoms with Gasteiger partial charge in [0.15, 0.2) is 11.6 Å². The van der Waals surface area contributed by atoms with Crippen LogP contribution in [-0.2, 0) is 6.42 Å². The van der Waals surface area contributed by atoms with Gasteiger partial charge in [-0.05, 0) is 43.2 Å². The average molecular weight is 298 g/mol. The van der Waals surface area contributed by atoms with Crippen LogP contribution < -0.4 is 10.5 Å². The van der Waals surface area contributed by atoms with E-state index in [4.69, 9.17) is 22.1 Å². The van der Waals surface area contributed by atoms with Crippen molar-refractivity contribution >= 4 is 11.6 Å². The van der Waals surface area contributed by atoms with Crippen LogP contribution in [0.3, 0.4) is 0 Å². The highest BCUT2D eigenvalue weighted by molar-refractivity contribution is 6.31. The maximum Gasteiger partial charge on any atom is 0.162 e. The largest absolute Gasteiger partial charge is 0.457 e. The van der Waals surface area contributed by atoms with Gasteiger partial charge in [0.05, 0.1) is 0 Å². The number of hydrogen-bond donors (Lipinski definition) is 1. The molecule has 0 saturated carbocycles. The Labute approximate surface area is 121 Å². The fourth-order valence-electron chi connectivity index (χ4n) is 1.78. The fourth-order valence-corrected chi connectivity index (χ4v) is 2.03. The summed E-state index contributed by atoms with van der Waals surface area (Å²) in [5, 5.41) is 0.530. The van der Waals surface area contributed by atoms with Crippen molar-refractivity contribution in [1.82, 2.24) is 0 Å². The average Bonchev–Trinajstić information content (AvgIpc) is 2.37. The molecule has 0 fully saturated rings. The van der Waals surface area contributed by atoms with Crippen LogP contribution in [0.15, 0.2) is 36.4 Å². The van der Waals surface area contributed by atoms with Crippen molar-refractivity contribution in [3.63, 3.8) is 0 Å². The lowest BCUT2D eigenvalue weighted by Crippen LogP contribution is -2.17. The Morgan fingerprint density at radius 3 is 2.35 bits per heavy atom. The van der Waals surface area contributed by atoms with E-state index in [9.17, 15) is 8.78 Å². The highest BCUT2D eigenvalue weighted by Gasteiger charge is 2.07. The van der Waals surface area contributed by atoms with Gasteiger partial charge in [-0.2, -0.15) is 0 Å². The summed E-state index contributed by atoms with van der Waals surface area (Å²) in [5.74, 6) is -1.21. The first-order chi connectivity index (χ1) is 9.45. The van der Waals surface area contributed by atoms with Gasteiger partial charge >= 0.3 is 0 Å². The van der Waals surface area contributed by atoms with Crippen LogP contribution >= 0.6 is 11.6 Å². The Kier molecular flexibility index (Phi) is 4.57. The van der Waals surface area contributed by atoms with E-state index >= 15 is 0 Å². The molecular weight excluding hydrogens is 284 g/mol. The quantitative estimate of drug-likeness (QED) is 0.913. The second-order valence-corrected chi connectivity index (χ2v) is 5.02. The highest BCUT2D eigenvalue weighted by Crippen LogP contribution is 2.28. The molecule has 5 heteroatoms. The molecule has 0 aromatic heterocycles. The SMILES string of the molecule is CC(N)Cc1ccc(Oc2ccc(F)c(F)c2)cc1Cl. The van der Waals surface area contributed by atoms with Gasteiger partial charge in [0.1, 0.15) is 11.5 Å². The summed E-state index contributed by atoms with van der Waals surface area (Å²) in [6, 6.07) is 8.50. The van der Waals surface area contributed by atoms with E-state index in [-0.39, 0.29) is 11.8 Å². The number of hydrogen-bond acceptors (Lipinski definition) is 2. The lowest BCUT2D eigenvalue weighted by Gasteiger charge is -2.10. The molecule has 0 heterocycles. The molecule has 0 amide bonds. The van der Waals surface area contributed by atoms with E-state index < -0.39 is 11.6 Å². The van der Waals surface area contributed by atoms with Gasteiger partial charge in [-0.15, -0.1) is 0 Å². The molecular formula is C15H14ClF2NO. The monoisotopic (exact) mass is 297 g/mol. The Bertz CT molecular complexity index is 617. The maximum absolute atomic E-state index is 13.1. The van der Waals surface area contributed by atoms with Crippen molar-refractivity contribution in [1.29, 1.82) is 0 Å². The molecule has 1 atom stereocenters. The molecule has 2 rings (SSSR count). The first-order valence-electron chi connectivity index (χ1n) is 6.12. The topological polar surface area (TPSA) is 35.2 Å². The van der Waals surface area contributed by atoms with E-state index in [0.29, 0.717) is 17.2 Å². The lowest BCUT2D eigenvalue weighted by atomic mass is 10.1. The molecule has 0 aliphatic rings. The van der Waals surface area contributed by atoms with Crippen LogP contribution in [0.2, 0.25) is 5.02 Å². The molecule has 1 unspecified atom stereocenters. The van der Waals surface area contributed by atoms with Crippen molar-refractivity contribution < 1.29 is 13.5 Å². The van der Waals surface area contributed by atoms with Gasteiger partial charge in [0, 0.05) is 17.1 Å². The van der Waals surface area contributed by atoms with Crippen LogP contribution in [0.5, 0.6) is 11.5 Å². The molecule has 106 valence electrons. The molecule has 2 nitrogen and oxygen atoms in total. The van der Waals surface area contributed by atoms with E-state index in [1.807, 2.05) is 6.92 Å². The molecule has 2 aromatic rings. The summed E-state index contributed by atoms with van der Waals surface area (Å²) in [7, 11) is 0. The molecule has 0 saturated heterocycles. The Morgan fingerprint density at radius 2 is 1.75 bits per heavy atom. The third-order valence-corrected chi connectivity index (χ3v) is 3.05. The number of nitrogens with two attached hydrogens (primary N) is 1. The minimum atomic E-state index is -0.956. The summed E-state index contributed by atoms with van der Waals surface area (Å²) < 4.78 is 31.3. The van der Waals surface area contributed by atoms with Crippen molar-refractivity contribution in [3.05, 3.63) is 58.6 Å². The van der Waals surface area contributed by atoms with E-state index in [2.05, 4.69) is 0 Å². The minimum absolute atomic E-state index is 0.00506. The second-order valence-electron chi connectivity index (χ2n) is 4.61. The zero-order valence-corrected chi connectivity index (χ0v) is 11.6. The highest BCUT2D eigenvalue weighted by atomic mass is 35.5. The molecule has 2 aromatic carbocycles. The van der Waals surface area contributed by atoms with Crippen LogP contribution in [-0.4, -0.2) is 6.04 Å². The third-order valence-electron chi connectivity index (χ3n) is 2.69. The van der Waals surface area contributed by atoms with Gasteiger partial charge in [0.2, 0.25) is 0 Å². The smallest absolute Gasteiger partial charge is 0.162 e. The van der Waals surface area contributed by atoms with Gasteiger partial charge < -0.3 is 10.5 Å². The molecule has 0 bridgehead atoms. The Balaban J connectivity index is 2.17. The minimum Gasteiger partial charge on any atom is -0.457 e. The molecule has 0 aliphatic heterocycles. The summed E-state index contributed by atoms with van der Waals surface area (Å²) >= 11 is 6.13. The Morgan fingerprint density at radius 1 is 1.10 bits per heavy atom. The molecule has 0 aliphatic carbocycles. The Hall–Kier alpha value is -1.65. The van der Waals surface area contributed by atoms with Crippen LogP contribution in [0, 0.1) is 11.6 Å². The maximum atomic E-state index is 13.1. The van der Waals surface area contributed by atoms with Crippen LogP contribution in [0.1, 0.15) is 12.5 Å². The lowest BCUT2D eigenvalue weighted by molar-refractivity contribution is 0.461. The number of benzene rings is 2. The van der Waals surface area contributed by atoms with Gasteiger partial charge in [-0.25, -0.2) is 8.78 Å². The van der Waals surface area contributed by atoms with Crippen LogP contribution in [0.4, 0.5) is 8.78 Å². The van der Waals surface area contributed by atoms with Gasteiger partial charge in [-0.1, -0.05) is 17.7 Å². The summed E-state index contributed by atoms with van der Waals surface area (Å²) in [6.07, 6.45) is 0.657. The summed E-state index contributed by atoms with van der Waals surface area (Å²) in [6.45, 7) is 1.89. The van der Waals surface area contributed by atoms with Crippen molar-refractivity contribution in [2.75, 3.05) is 0 Å². The predicted molar refractivity (Wildman–Crippen MR) is 75.2 cm³/mol. The normalized spacial score (nSPS) is 12.2. The summed E-state index contributed by atoms with van der Waals surface area (Å²) in [5.41, 5.74) is 6.63. The van der Waals surface area contributed by atoms with Crippen molar-refractivity contribution in [2.45, 2.75) is 19.4 Å². The fraction of sp³-hybridized carbons (Fsp3) is 0.200. The molecule has 0 spiro atoms. The molecule has 2 N–H and O–H groups in total. The zero-order valence-electron chi connectivity index (χ0n) is 10.9. The number of ether oxygens (including phenoxy) is 1. The van der Waals surface area contributed by atoms with E-state index in [0.717, 1.165) is 17.7 Å². The van der Waals surface area contributed by atoms with E-state index in [1.165, 1.54) is 6.07 Å². The molecule has 20 heavy (non-hydrogen) atoms. The molecule has 0 radical (unpaired) electrons. The number of halogens is 3. The first-order valence-corrected chi connectivity index (χ1v) is 6.50. The van der Waals surface area contributed by atoms with Crippen LogP contribution in [0.25, 0.3) is 0 Å². The zero-order chi connectivity index (χ0) is 14.7. The summed E-state index contributed by atoms with van der Waals surface area (Å²) in [4.78, 5) is 0. The van der Waals surface area contributed by atoms with E-state index in [1.54, 1.807) is 18.2 Å². The van der Waals surface area contributed by atoms with Gasteiger partial charge in [0.25, 0.3) is 0 Å². The standard InChI is InChI=1S/C15H14ClF2NO/c1-9(19)6-10-2-3-11(7-13(10)16)20-12-4-5-14(17)15(18)8-12/h2-5,7-9H,6,19H2,1H3. The van der Waals surface area contributed by atoms with Crippen molar-refractivity contribution in [3.8, 4) is 11.5 Å². The first kappa shape index (κ1) is 14.8. The third kappa shape index (κ3) is 3.68. The second kappa shape index (κ2) is 6.20. The van der Waals surface area contributed by atoms with Crippen molar-refractivity contribution in [2.24, 2.45) is 5.73 Å². The predicted octanol–water partition coefficient (Wildman–Crippen LogP) is 4.30. The van der Waals surface area contributed by atoms with Gasteiger partial charge in [-0.3, -0.25) is 0 Å².